The van der Waals surface area contributed by atoms with Crippen LogP contribution in [0.15, 0.2) is 42.5 Å². The minimum atomic E-state index is -0.753. The van der Waals surface area contributed by atoms with E-state index in [0.29, 0.717) is 29.3 Å². The number of cyclic esters (lactones) is 1. The number of nitrogens with zero attached hydrogens (tertiary/aromatic N) is 2. The summed E-state index contributed by atoms with van der Waals surface area (Å²) in [7, 11) is 0. The first-order valence-electron chi connectivity index (χ1n) is 11.8. The highest BCUT2D eigenvalue weighted by Gasteiger charge is 2.33. The summed E-state index contributed by atoms with van der Waals surface area (Å²) in [6, 6.07) is 12.4. The summed E-state index contributed by atoms with van der Waals surface area (Å²) in [6.07, 6.45) is -0.769. The molecule has 1 aromatic heterocycles. The van der Waals surface area contributed by atoms with Gasteiger partial charge in [0.05, 0.1) is 24.4 Å². The van der Waals surface area contributed by atoms with E-state index >= 15 is 0 Å². The van der Waals surface area contributed by atoms with Gasteiger partial charge in [-0.3, -0.25) is 10.3 Å². The quantitative estimate of drug-likeness (QED) is 0.253. The summed E-state index contributed by atoms with van der Waals surface area (Å²) >= 11 is 0. The molecule has 0 aliphatic carbocycles. The van der Waals surface area contributed by atoms with E-state index in [1.807, 2.05) is 25.1 Å². The lowest BCUT2D eigenvalue weighted by Gasteiger charge is -2.14. The largest absolute Gasteiger partial charge is 0.513 e. The maximum atomic E-state index is 12.4. The molecule has 190 valence electrons. The summed E-state index contributed by atoms with van der Waals surface area (Å²) in [5.41, 5.74) is 8.48. The number of amides is 1. The van der Waals surface area contributed by atoms with Gasteiger partial charge in [0, 0.05) is 23.2 Å². The zero-order chi connectivity index (χ0) is 25.8. The Balaban J connectivity index is 1.49. The number of aryl methyl sites for hydroxylation is 1. The van der Waals surface area contributed by atoms with Gasteiger partial charge >= 0.3 is 12.2 Å². The maximum Gasteiger partial charge on any atom is 0.513 e. The Kier molecular flexibility index (Phi) is 7.33. The number of carbonyl (C=O) groups excluding carboxylic acids is 2. The maximum absolute atomic E-state index is 12.4. The van der Waals surface area contributed by atoms with Crippen LogP contribution in [0.3, 0.4) is 0 Å². The van der Waals surface area contributed by atoms with Gasteiger partial charge in [-0.05, 0) is 62.7 Å². The van der Waals surface area contributed by atoms with Gasteiger partial charge in [0.2, 0.25) is 0 Å². The van der Waals surface area contributed by atoms with Crippen molar-refractivity contribution in [2.45, 2.75) is 39.8 Å². The molecule has 3 aromatic rings. The van der Waals surface area contributed by atoms with Crippen molar-refractivity contribution in [3.8, 4) is 11.5 Å². The fourth-order valence-electron chi connectivity index (χ4n) is 4.22. The van der Waals surface area contributed by atoms with Gasteiger partial charge < -0.3 is 29.2 Å². The third-order valence-corrected chi connectivity index (χ3v) is 5.93. The summed E-state index contributed by atoms with van der Waals surface area (Å²) < 4.78 is 24.0. The fourth-order valence-corrected chi connectivity index (χ4v) is 4.22. The molecule has 1 amide bonds. The molecule has 36 heavy (non-hydrogen) atoms. The molecule has 3 N–H and O–H groups in total. The zero-order valence-corrected chi connectivity index (χ0v) is 20.6. The Labute approximate surface area is 209 Å². The van der Waals surface area contributed by atoms with Crippen molar-refractivity contribution < 1.29 is 28.5 Å². The van der Waals surface area contributed by atoms with E-state index in [9.17, 15) is 9.59 Å². The molecule has 2 heterocycles. The van der Waals surface area contributed by atoms with Gasteiger partial charge in [0.1, 0.15) is 18.2 Å². The van der Waals surface area contributed by atoms with Crippen LogP contribution in [0.5, 0.6) is 11.5 Å². The van der Waals surface area contributed by atoms with Crippen molar-refractivity contribution in [1.82, 2.24) is 4.57 Å². The van der Waals surface area contributed by atoms with E-state index in [1.54, 1.807) is 31.2 Å². The van der Waals surface area contributed by atoms with Crippen molar-refractivity contribution in [2.75, 3.05) is 24.7 Å². The lowest BCUT2D eigenvalue weighted by molar-refractivity contribution is 0.104. The molecule has 0 saturated carbocycles. The second-order valence-corrected chi connectivity index (χ2v) is 8.42. The Bertz CT molecular complexity index is 1280. The molecule has 4 rings (SSSR count). The molecule has 1 saturated heterocycles. The lowest BCUT2D eigenvalue weighted by Crippen LogP contribution is -2.26. The van der Waals surface area contributed by atoms with Crippen LogP contribution in [0.25, 0.3) is 10.9 Å². The van der Waals surface area contributed by atoms with E-state index in [1.165, 1.54) is 4.90 Å². The van der Waals surface area contributed by atoms with E-state index in [4.69, 9.17) is 30.1 Å². The molecular weight excluding hydrogens is 464 g/mol. The van der Waals surface area contributed by atoms with Crippen LogP contribution < -0.4 is 20.1 Å². The van der Waals surface area contributed by atoms with Crippen molar-refractivity contribution >= 4 is 34.7 Å². The number of hydrogen-bond donors (Lipinski definition) is 2. The van der Waals surface area contributed by atoms with Gasteiger partial charge in [-0.25, -0.2) is 9.59 Å². The fraction of sp³-hybridized carbons (Fsp3) is 0.346. The standard InChI is InChI=1S/C26H30N4O6/c1-4-12-29-16(3)23(36-26(32)33-5-2)21-13-19(10-11-22(21)29)34-15-20-14-30(25(31)35-20)18-8-6-17(7-9-18)24(27)28/h6-11,13,20H,4-5,12,14-15H2,1-3H3,(H3,27,28). The molecule has 1 atom stereocenters. The molecule has 0 bridgehead atoms. The molecule has 0 radical (unpaired) electrons. The molecule has 2 aromatic carbocycles. The molecule has 10 heteroatoms. The first kappa shape index (κ1) is 24.9. The number of nitrogens with two attached hydrogens (primary N) is 1. The highest BCUT2D eigenvalue weighted by molar-refractivity contribution is 5.96. The van der Waals surface area contributed by atoms with E-state index in [2.05, 4.69) is 11.5 Å². The van der Waals surface area contributed by atoms with Gasteiger partial charge in [-0.1, -0.05) is 6.92 Å². The Morgan fingerprint density at radius 1 is 1.19 bits per heavy atom. The summed E-state index contributed by atoms with van der Waals surface area (Å²) in [4.78, 5) is 26.0. The molecule has 1 unspecified atom stereocenters. The molecular formula is C26H30N4O6. The van der Waals surface area contributed by atoms with E-state index < -0.39 is 18.4 Å². The monoisotopic (exact) mass is 494 g/mol. The topological polar surface area (TPSA) is 129 Å². The molecule has 1 fully saturated rings. The van der Waals surface area contributed by atoms with Crippen LogP contribution in [0, 0.1) is 12.3 Å². The van der Waals surface area contributed by atoms with Gasteiger partial charge in [-0.15, -0.1) is 0 Å². The molecule has 0 spiro atoms. The van der Waals surface area contributed by atoms with E-state index in [0.717, 1.165) is 29.6 Å². The van der Waals surface area contributed by atoms with Crippen LogP contribution in [0.4, 0.5) is 15.3 Å². The van der Waals surface area contributed by atoms with Gasteiger partial charge in [-0.2, -0.15) is 0 Å². The van der Waals surface area contributed by atoms with Crippen molar-refractivity contribution in [2.24, 2.45) is 5.73 Å². The van der Waals surface area contributed by atoms with E-state index in [-0.39, 0.29) is 19.0 Å². The smallest absolute Gasteiger partial charge is 0.490 e. The number of ether oxygens (including phenoxy) is 4. The number of aromatic nitrogens is 1. The number of rotatable bonds is 9. The van der Waals surface area contributed by atoms with Crippen LogP contribution in [-0.4, -0.2) is 48.5 Å². The Hall–Kier alpha value is -4.21. The number of amidine groups is 1. The third-order valence-electron chi connectivity index (χ3n) is 5.93. The van der Waals surface area contributed by atoms with Crippen LogP contribution in [0.1, 0.15) is 31.5 Å². The predicted octanol–water partition coefficient (Wildman–Crippen LogP) is 4.58. The number of hydrogen-bond acceptors (Lipinski definition) is 7. The van der Waals surface area contributed by atoms with Crippen LogP contribution >= 0.6 is 0 Å². The molecule has 1 aliphatic heterocycles. The normalized spacial score (nSPS) is 15.1. The average Bonchev–Trinajstić information content (AvgIpc) is 3.35. The summed E-state index contributed by atoms with van der Waals surface area (Å²) in [6.45, 7) is 7.18. The summed E-state index contributed by atoms with van der Waals surface area (Å²) in [5.74, 6) is 0.963. The highest BCUT2D eigenvalue weighted by atomic mass is 16.7. The Morgan fingerprint density at radius 2 is 1.94 bits per heavy atom. The van der Waals surface area contributed by atoms with Crippen molar-refractivity contribution in [3.63, 3.8) is 0 Å². The lowest BCUT2D eigenvalue weighted by atomic mass is 10.2. The minimum absolute atomic E-state index is 0.0372. The highest BCUT2D eigenvalue weighted by Crippen LogP contribution is 2.36. The number of nitrogens with one attached hydrogen (secondary N) is 1. The molecule has 10 nitrogen and oxygen atoms in total. The number of nitrogen functional groups attached to an aromatic ring is 1. The van der Waals surface area contributed by atoms with Crippen LogP contribution in [-0.2, 0) is 16.0 Å². The number of benzene rings is 2. The zero-order valence-electron chi connectivity index (χ0n) is 20.6. The third kappa shape index (κ3) is 5.07. The van der Waals surface area contributed by atoms with Crippen molar-refractivity contribution in [1.29, 1.82) is 5.41 Å². The molecule has 1 aliphatic rings. The first-order chi connectivity index (χ1) is 17.3. The van der Waals surface area contributed by atoms with Crippen molar-refractivity contribution in [3.05, 3.63) is 53.7 Å². The second-order valence-electron chi connectivity index (χ2n) is 8.42. The average molecular weight is 495 g/mol. The Morgan fingerprint density at radius 3 is 2.61 bits per heavy atom. The predicted molar refractivity (Wildman–Crippen MR) is 135 cm³/mol. The minimum Gasteiger partial charge on any atom is -0.490 e. The van der Waals surface area contributed by atoms with Crippen LogP contribution in [0.2, 0.25) is 0 Å². The second kappa shape index (κ2) is 10.6. The number of carbonyl (C=O) groups is 2. The number of fused-ring (bicyclic) bond motifs is 1. The van der Waals surface area contributed by atoms with Gasteiger partial charge in [0.25, 0.3) is 0 Å². The SMILES string of the molecule is CCCn1c(C)c(OC(=O)OCC)c2cc(OCC3CN(c4ccc(C(=N)N)cc4)C(=O)O3)ccc21. The number of anilines is 1. The first-order valence-corrected chi connectivity index (χ1v) is 11.8. The summed E-state index contributed by atoms with van der Waals surface area (Å²) in [5, 5.41) is 8.23. The van der Waals surface area contributed by atoms with Gasteiger partial charge in [0.15, 0.2) is 11.9 Å².